The van der Waals surface area contributed by atoms with Crippen molar-refractivity contribution in [2.24, 2.45) is 0 Å². The lowest BCUT2D eigenvalue weighted by Crippen LogP contribution is -2.48. The molecule has 34 heavy (non-hydrogen) atoms. The molecule has 0 N–H and O–H groups in total. The Balaban J connectivity index is 1.66. The molecule has 4 aromatic rings. The van der Waals surface area contributed by atoms with Crippen molar-refractivity contribution in [3.63, 3.8) is 0 Å². The Morgan fingerprint density at radius 1 is 0.382 bits per heavy atom. The van der Waals surface area contributed by atoms with E-state index in [9.17, 15) is 0 Å². The van der Waals surface area contributed by atoms with E-state index in [-0.39, 0.29) is 0 Å². The minimum atomic E-state index is -2.88. The highest BCUT2D eigenvalue weighted by Gasteiger charge is 2.39. The van der Waals surface area contributed by atoms with Gasteiger partial charge in [0.15, 0.2) is 0 Å². The fourth-order valence-corrected chi connectivity index (χ4v) is 8.56. The van der Waals surface area contributed by atoms with E-state index in [1.54, 1.807) is 0 Å². The summed E-state index contributed by atoms with van der Waals surface area (Å²) in [7, 11) is -5.76. The SMILES string of the molecule is C[Si](C=C[Si](C)(Oc1ccccc1)Oc1ccccc1)(Oc1ccccc1)Oc1ccccc1. The summed E-state index contributed by atoms with van der Waals surface area (Å²) in [6, 6.07) is 38.9. The van der Waals surface area contributed by atoms with Crippen molar-refractivity contribution in [2.75, 3.05) is 0 Å². The van der Waals surface area contributed by atoms with Gasteiger partial charge >= 0.3 is 17.1 Å². The number of para-hydroxylation sites is 4. The van der Waals surface area contributed by atoms with Crippen LogP contribution in [0, 0.1) is 0 Å². The predicted molar refractivity (Wildman–Crippen MR) is 141 cm³/mol. The van der Waals surface area contributed by atoms with Gasteiger partial charge in [-0.25, -0.2) is 0 Å². The maximum Gasteiger partial charge on any atom is 0.484 e. The Bertz CT molecular complexity index is 992. The summed E-state index contributed by atoms with van der Waals surface area (Å²) in [5.41, 5.74) is 4.04. The van der Waals surface area contributed by atoms with Gasteiger partial charge in [0.25, 0.3) is 0 Å². The second kappa shape index (κ2) is 10.9. The lowest BCUT2D eigenvalue weighted by atomic mass is 10.3. The summed E-state index contributed by atoms with van der Waals surface area (Å²) in [6.45, 7) is 4.03. The zero-order chi connectivity index (χ0) is 23.7. The van der Waals surface area contributed by atoms with Crippen LogP contribution in [0.3, 0.4) is 0 Å². The molecule has 4 aromatic carbocycles. The van der Waals surface area contributed by atoms with Crippen LogP contribution in [0.1, 0.15) is 0 Å². The van der Waals surface area contributed by atoms with Gasteiger partial charge in [-0.05, 0) is 59.9 Å². The standard InChI is InChI=1S/C28H28O4Si2/c1-33(29-25-15-7-3-8-16-25,30-26-17-9-4-10-18-26)23-24-34(2,31-27-19-11-5-12-20-27)32-28-21-13-6-14-22-28/h3-24H,1-2H3. The van der Waals surface area contributed by atoms with Crippen molar-refractivity contribution in [1.82, 2.24) is 0 Å². The molecule has 0 spiro atoms. The fourth-order valence-electron chi connectivity index (χ4n) is 3.37. The van der Waals surface area contributed by atoms with Crippen molar-refractivity contribution in [1.29, 1.82) is 0 Å². The van der Waals surface area contributed by atoms with Gasteiger partial charge in [-0.15, -0.1) is 0 Å². The van der Waals surface area contributed by atoms with E-state index in [2.05, 4.69) is 0 Å². The molecule has 0 bridgehead atoms. The first-order valence-electron chi connectivity index (χ1n) is 11.2. The maximum atomic E-state index is 6.44. The first-order valence-corrected chi connectivity index (χ1v) is 16.0. The molecule has 0 saturated carbocycles. The average molecular weight is 485 g/mol. The minimum Gasteiger partial charge on any atom is -0.509 e. The second-order valence-corrected chi connectivity index (χ2v) is 13.6. The van der Waals surface area contributed by atoms with E-state index < -0.39 is 17.1 Å². The third kappa shape index (κ3) is 6.87. The molecule has 6 heteroatoms. The van der Waals surface area contributed by atoms with E-state index in [0.717, 1.165) is 23.0 Å². The van der Waals surface area contributed by atoms with E-state index in [4.69, 9.17) is 17.7 Å². The zero-order valence-corrected chi connectivity index (χ0v) is 21.3. The first-order chi connectivity index (χ1) is 16.5. The van der Waals surface area contributed by atoms with Gasteiger partial charge in [-0.1, -0.05) is 72.8 Å². The highest BCUT2D eigenvalue weighted by atomic mass is 28.4. The molecule has 0 aliphatic heterocycles. The molecule has 0 radical (unpaired) electrons. The lowest BCUT2D eigenvalue weighted by molar-refractivity contribution is 0.400. The quantitative estimate of drug-likeness (QED) is 0.225. The van der Waals surface area contributed by atoms with Gasteiger partial charge in [0.2, 0.25) is 0 Å². The van der Waals surface area contributed by atoms with Gasteiger partial charge in [-0.2, -0.15) is 0 Å². The number of hydrogen-bond donors (Lipinski definition) is 0. The third-order valence-electron chi connectivity index (χ3n) is 4.94. The normalized spacial score (nSPS) is 11.7. The van der Waals surface area contributed by atoms with Crippen molar-refractivity contribution >= 4 is 17.1 Å². The molecule has 172 valence electrons. The minimum absolute atomic E-state index is 0.758. The fraction of sp³-hybridized carbons (Fsp3) is 0.0714. The van der Waals surface area contributed by atoms with Gasteiger partial charge in [0, 0.05) is 13.1 Å². The molecule has 0 heterocycles. The molecule has 0 atom stereocenters. The Labute approximate surface area is 203 Å². The summed E-state index contributed by atoms with van der Waals surface area (Å²) in [5, 5.41) is 0. The van der Waals surface area contributed by atoms with Crippen molar-refractivity contribution < 1.29 is 17.7 Å². The number of rotatable bonds is 10. The van der Waals surface area contributed by atoms with Crippen LogP contribution in [0.25, 0.3) is 0 Å². The molecule has 0 amide bonds. The third-order valence-corrected chi connectivity index (χ3v) is 9.39. The molecule has 0 saturated heterocycles. The van der Waals surface area contributed by atoms with Crippen LogP contribution in [0.15, 0.2) is 133 Å². The van der Waals surface area contributed by atoms with E-state index in [1.165, 1.54) is 0 Å². The van der Waals surface area contributed by atoms with Crippen LogP contribution in [0.2, 0.25) is 13.1 Å². The lowest BCUT2D eigenvalue weighted by Gasteiger charge is -2.29. The van der Waals surface area contributed by atoms with Crippen LogP contribution in [-0.2, 0) is 0 Å². The predicted octanol–water partition coefficient (Wildman–Crippen LogP) is 7.08. The van der Waals surface area contributed by atoms with Crippen LogP contribution < -0.4 is 17.7 Å². The van der Waals surface area contributed by atoms with Crippen molar-refractivity contribution in [2.45, 2.75) is 13.1 Å². The summed E-state index contributed by atoms with van der Waals surface area (Å²) >= 11 is 0. The average Bonchev–Trinajstić information content (AvgIpc) is 2.85. The monoisotopic (exact) mass is 484 g/mol. The summed E-state index contributed by atoms with van der Waals surface area (Å²) < 4.78 is 25.8. The molecule has 0 aliphatic carbocycles. The van der Waals surface area contributed by atoms with E-state index in [1.807, 2.05) is 146 Å². The maximum absolute atomic E-state index is 6.44. The summed E-state index contributed by atoms with van der Waals surface area (Å²) in [5.74, 6) is 3.03. The second-order valence-electron chi connectivity index (χ2n) is 8.03. The summed E-state index contributed by atoms with van der Waals surface area (Å²) in [4.78, 5) is 0. The molecular weight excluding hydrogens is 456 g/mol. The largest absolute Gasteiger partial charge is 0.509 e. The van der Waals surface area contributed by atoms with Gasteiger partial charge in [-0.3, -0.25) is 0 Å². The highest BCUT2D eigenvalue weighted by molar-refractivity contribution is 6.78. The molecule has 0 unspecified atom stereocenters. The van der Waals surface area contributed by atoms with E-state index >= 15 is 0 Å². The smallest absolute Gasteiger partial charge is 0.484 e. The van der Waals surface area contributed by atoms with Gasteiger partial charge < -0.3 is 17.7 Å². The number of benzene rings is 4. The van der Waals surface area contributed by atoms with E-state index in [0.29, 0.717) is 0 Å². The first kappa shape index (κ1) is 23.4. The van der Waals surface area contributed by atoms with Crippen LogP contribution >= 0.6 is 0 Å². The topological polar surface area (TPSA) is 36.9 Å². The van der Waals surface area contributed by atoms with Crippen molar-refractivity contribution in [3.8, 4) is 23.0 Å². The Hall–Kier alpha value is -3.75. The molecule has 4 nitrogen and oxygen atoms in total. The Morgan fingerprint density at radius 2 is 0.588 bits per heavy atom. The van der Waals surface area contributed by atoms with Crippen molar-refractivity contribution in [3.05, 3.63) is 133 Å². The molecular formula is C28H28O4Si2. The summed E-state index contributed by atoms with van der Waals surface area (Å²) in [6.07, 6.45) is 0. The van der Waals surface area contributed by atoms with Gasteiger partial charge in [0.05, 0.1) is 0 Å². The zero-order valence-electron chi connectivity index (χ0n) is 19.3. The van der Waals surface area contributed by atoms with Crippen LogP contribution in [0.4, 0.5) is 0 Å². The van der Waals surface area contributed by atoms with Gasteiger partial charge in [0.1, 0.15) is 23.0 Å². The molecule has 0 aromatic heterocycles. The highest BCUT2D eigenvalue weighted by Crippen LogP contribution is 2.25. The Morgan fingerprint density at radius 3 is 0.794 bits per heavy atom. The molecule has 0 aliphatic rings. The molecule has 0 fully saturated rings. The van der Waals surface area contributed by atoms with Crippen LogP contribution in [0.5, 0.6) is 23.0 Å². The molecule has 4 rings (SSSR count). The Kier molecular flexibility index (Phi) is 7.52. The number of hydrogen-bond acceptors (Lipinski definition) is 4. The van der Waals surface area contributed by atoms with Crippen LogP contribution in [-0.4, -0.2) is 17.1 Å².